The van der Waals surface area contributed by atoms with Gasteiger partial charge >= 0.3 is 0 Å². The molecule has 0 heterocycles. The van der Waals surface area contributed by atoms with Gasteiger partial charge in [0.1, 0.15) is 12.4 Å². The van der Waals surface area contributed by atoms with Crippen LogP contribution >= 0.6 is 11.6 Å². The Balaban J connectivity index is 1.90. The summed E-state index contributed by atoms with van der Waals surface area (Å²) in [6.45, 7) is 7.16. The first kappa shape index (κ1) is 16.9. The maximum absolute atomic E-state index is 6.14. The molecule has 0 fully saturated rings. The number of nitrogens with two attached hydrogens (primary N) is 1. The zero-order valence-electron chi connectivity index (χ0n) is 13.5. The van der Waals surface area contributed by atoms with Gasteiger partial charge in [-0.05, 0) is 47.2 Å². The second-order valence-corrected chi connectivity index (χ2v) is 7.29. The fourth-order valence-corrected chi connectivity index (χ4v) is 2.43. The fourth-order valence-electron chi connectivity index (χ4n) is 2.31. The molecular weight excluding hydrogens is 294 g/mol. The second-order valence-electron chi connectivity index (χ2n) is 6.85. The zero-order chi connectivity index (χ0) is 16.2. The van der Waals surface area contributed by atoms with E-state index in [0.29, 0.717) is 17.0 Å². The first-order valence-corrected chi connectivity index (χ1v) is 7.94. The summed E-state index contributed by atoms with van der Waals surface area (Å²) >= 11 is 5.88. The van der Waals surface area contributed by atoms with Crippen LogP contribution in [0, 0.1) is 5.41 Å². The van der Waals surface area contributed by atoms with Crippen molar-refractivity contribution in [2.24, 2.45) is 11.1 Å². The molecule has 0 saturated carbocycles. The Morgan fingerprint density at radius 1 is 1.00 bits per heavy atom. The van der Waals surface area contributed by atoms with E-state index in [9.17, 15) is 0 Å². The van der Waals surface area contributed by atoms with Crippen LogP contribution < -0.4 is 10.5 Å². The minimum Gasteiger partial charge on any atom is -0.492 e. The molecule has 0 aliphatic heterocycles. The normalized spacial score (nSPS) is 13.0. The first-order valence-electron chi connectivity index (χ1n) is 7.56. The molecule has 3 heteroatoms. The molecule has 2 N–H and O–H groups in total. The summed E-state index contributed by atoms with van der Waals surface area (Å²) in [4.78, 5) is 0. The Morgan fingerprint density at radius 3 is 2.14 bits per heavy atom. The van der Waals surface area contributed by atoms with Gasteiger partial charge in [-0.2, -0.15) is 0 Å². The maximum atomic E-state index is 6.14. The summed E-state index contributed by atoms with van der Waals surface area (Å²) in [7, 11) is 0. The largest absolute Gasteiger partial charge is 0.492 e. The lowest BCUT2D eigenvalue weighted by atomic mass is 9.88. The van der Waals surface area contributed by atoms with Crippen molar-refractivity contribution in [3.8, 4) is 5.75 Å². The van der Waals surface area contributed by atoms with E-state index < -0.39 is 0 Å². The smallest absolute Gasteiger partial charge is 0.119 e. The van der Waals surface area contributed by atoms with E-state index in [1.807, 2.05) is 36.4 Å². The molecule has 2 aromatic carbocycles. The van der Waals surface area contributed by atoms with Crippen molar-refractivity contribution in [3.63, 3.8) is 0 Å². The molecule has 118 valence electrons. The third-order valence-corrected chi connectivity index (χ3v) is 3.64. The molecular formula is C19H24ClNO. The van der Waals surface area contributed by atoms with Gasteiger partial charge in [0.2, 0.25) is 0 Å². The summed E-state index contributed by atoms with van der Waals surface area (Å²) in [5.41, 5.74) is 8.77. The van der Waals surface area contributed by atoms with Crippen LogP contribution in [0.1, 0.15) is 37.9 Å². The Hall–Kier alpha value is -1.51. The highest BCUT2D eigenvalue weighted by atomic mass is 35.5. The van der Waals surface area contributed by atoms with Crippen molar-refractivity contribution in [2.45, 2.75) is 33.2 Å². The molecule has 0 amide bonds. The topological polar surface area (TPSA) is 35.2 Å². The van der Waals surface area contributed by atoms with E-state index in [1.165, 1.54) is 5.56 Å². The van der Waals surface area contributed by atoms with Crippen molar-refractivity contribution in [1.29, 1.82) is 0 Å². The predicted molar refractivity (Wildman–Crippen MR) is 93.5 cm³/mol. The number of halogens is 1. The SMILES string of the molecule is CC(C)(C)Cc1ccc(OCC(N)c2ccc(Cl)cc2)cc1. The fraction of sp³-hybridized carbons (Fsp3) is 0.368. The molecule has 2 aromatic rings. The van der Waals surface area contributed by atoms with Crippen LogP contribution in [0.2, 0.25) is 5.02 Å². The van der Waals surface area contributed by atoms with E-state index in [0.717, 1.165) is 17.7 Å². The Labute approximate surface area is 138 Å². The van der Waals surface area contributed by atoms with E-state index in [1.54, 1.807) is 0 Å². The van der Waals surface area contributed by atoms with E-state index in [-0.39, 0.29) is 6.04 Å². The number of rotatable bonds is 5. The molecule has 0 aliphatic carbocycles. The van der Waals surface area contributed by atoms with Crippen molar-refractivity contribution < 1.29 is 4.74 Å². The number of ether oxygens (including phenoxy) is 1. The van der Waals surface area contributed by atoms with Gasteiger partial charge in [-0.3, -0.25) is 0 Å². The molecule has 1 unspecified atom stereocenters. The number of benzene rings is 2. The van der Waals surface area contributed by atoms with Crippen LogP contribution in [-0.2, 0) is 6.42 Å². The number of hydrogen-bond acceptors (Lipinski definition) is 2. The highest BCUT2D eigenvalue weighted by Crippen LogP contribution is 2.23. The highest BCUT2D eigenvalue weighted by Gasteiger charge is 2.11. The van der Waals surface area contributed by atoms with Crippen molar-refractivity contribution in [1.82, 2.24) is 0 Å². The monoisotopic (exact) mass is 317 g/mol. The molecule has 0 spiro atoms. The van der Waals surface area contributed by atoms with Gasteiger partial charge < -0.3 is 10.5 Å². The summed E-state index contributed by atoms with van der Waals surface area (Å²) in [6, 6.07) is 15.7. The van der Waals surface area contributed by atoms with Crippen molar-refractivity contribution in [2.75, 3.05) is 6.61 Å². The third kappa shape index (κ3) is 5.36. The van der Waals surface area contributed by atoms with Crippen LogP contribution in [0.15, 0.2) is 48.5 Å². The molecule has 0 saturated heterocycles. The van der Waals surface area contributed by atoms with Gasteiger partial charge in [0.25, 0.3) is 0 Å². The molecule has 1 atom stereocenters. The molecule has 0 aromatic heterocycles. The van der Waals surface area contributed by atoms with Gasteiger partial charge in [-0.15, -0.1) is 0 Å². The molecule has 2 nitrogen and oxygen atoms in total. The second kappa shape index (κ2) is 7.17. The standard InChI is InChI=1S/C19H24ClNO/c1-19(2,3)12-14-4-10-17(11-5-14)22-13-18(21)15-6-8-16(20)9-7-15/h4-11,18H,12-13,21H2,1-3H3. The average Bonchev–Trinajstić information content (AvgIpc) is 2.45. The maximum Gasteiger partial charge on any atom is 0.119 e. The Bertz CT molecular complexity index is 584. The summed E-state index contributed by atoms with van der Waals surface area (Å²) < 4.78 is 5.78. The predicted octanol–water partition coefficient (Wildman–Crippen LogP) is 5.01. The minimum absolute atomic E-state index is 0.161. The van der Waals surface area contributed by atoms with Gasteiger partial charge in [-0.1, -0.05) is 56.6 Å². The van der Waals surface area contributed by atoms with Gasteiger partial charge in [0.05, 0.1) is 6.04 Å². The van der Waals surface area contributed by atoms with Crippen LogP contribution in [0.5, 0.6) is 5.75 Å². The Morgan fingerprint density at radius 2 is 1.59 bits per heavy atom. The summed E-state index contributed by atoms with van der Waals surface area (Å²) in [5, 5.41) is 0.714. The molecule has 2 rings (SSSR count). The number of hydrogen-bond donors (Lipinski definition) is 1. The summed E-state index contributed by atoms with van der Waals surface area (Å²) in [6.07, 6.45) is 1.05. The lowest BCUT2D eigenvalue weighted by Gasteiger charge is -2.18. The van der Waals surface area contributed by atoms with Crippen LogP contribution in [0.4, 0.5) is 0 Å². The third-order valence-electron chi connectivity index (χ3n) is 3.39. The van der Waals surface area contributed by atoms with Gasteiger partial charge in [0, 0.05) is 5.02 Å². The quantitative estimate of drug-likeness (QED) is 0.841. The minimum atomic E-state index is -0.161. The van der Waals surface area contributed by atoms with Crippen LogP contribution in [0.25, 0.3) is 0 Å². The zero-order valence-corrected chi connectivity index (χ0v) is 14.2. The van der Waals surface area contributed by atoms with E-state index >= 15 is 0 Å². The lowest BCUT2D eigenvalue weighted by Crippen LogP contribution is -2.18. The van der Waals surface area contributed by atoms with Gasteiger partial charge in [-0.25, -0.2) is 0 Å². The average molecular weight is 318 g/mol. The Kier molecular flexibility index (Phi) is 5.49. The molecule has 0 bridgehead atoms. The first-order chi connectivity index (χ1) is 10.3. The van der Waals surface area contributed by atoms with Crippen LogP contribution in [0.3, 0.4) is 0 Å². The van der Waals surface area contributed by atoms with Crippen molar-refractivity contribution in [3.05, 3.63) is 64.7 Å². The highest BCUT2D eigenvalue weighted by molar-refractivity contribution is 6.30. The van der Waals surface area contributed by atoms with Crippen LogP contribution in [-0.4, -0.2) is 6.61 Å². The van der Waals surface area contributed by atoms with Gasteiger partial charge in [0.15, 0.2) is 0 Å². The lowest BCUT2D eigenvalue weighted by molar-refractivity contribution is 0.290. The molecule has 0 radical (unpaired) electrons. The summed E-state index contributed by atoms with van der Waals surface area (Å²) in [5.74, 6) is 0.849. The van der Waals surface area contributed by atoms with E-state index in [2.05, 4.69) is 32.9 Å². The molecule has 0 aliphatic rings. The van der Waals surface area contributed by atoms with E-state index in [4.69, 9.17) is 22.1 Å². The van der Waals surface area contributed by atoms with Crippen molar-refractivity contribution >= 4 is 11.6 Å². The molecule has 22 heavy (non-hydrogen) atoms.